The molecule has 2 amide bonds. The molecule has 0 radical (unpaired) electrons. The smallest absolute Gasteiger partial charge is 0.416 e. The Balaban J connectivity index is 1.07. The summed E-state index contributed by atoms with van der Waals surface area (Å²) in [6.45, 7) is 4.27. The van der Waals surface area contributed by atoms with Crippen LogP contribution in [-0.4, -0.2) is 79.8 Å². The number of H-pyrrole nitrogens is 1. The van der Waals surface area contributed by atoms with Gasteiger partial charge in [-0.1, -0.05) is 5.21 Å². The van der Waals surface area contributed by atoms with Crippen LogP contribution in [0.2, 0.25) is 0 Å². The number of halogens is 3. The molecule has 0 spiro atoms. The quantitative estimate of drug-likeness (QED) is 0.413. The Hall–Kier alpha value is -4.29. The molecule has 4 aromatic rings. The van der Waals surface area contributed by atoms with E-state index in [1.807, 2.05) is 4.90 Å². The Labute approximate surface area is 225 Å². The van der Waals surface area contributed by atoms with Crippen molar-refractivity contribution in [1.82, 2.24) is 35.2 Å². The number of alkyl halides is 3. The van der Waals surface area contributed by atoms with Crippen LogP contribution >= 0.6 is 0 Å². The molecule has 206 valence electrons. The number of fused-ring (bicyclic) bond motifs is 6. The molecular weight excluding hydrogens is 527 g/mol. The minimum atomic E-state index is -4.50. The summed E-state index contributed by atoms with van der Waals surface area (Å²) in [5, 5.41) is 10.5. The number of hydrogen-bond acceptors (Lipinski definition) is 7. The van der Waals surface area contributed by atoms with Crippen molar-refractivity contribution in [2.45, 2.75) is 13.1 Å². The zero-order chi connectivity index (χ0) is 27.8. The lowest BCUT2D eigenvalue weighted by Crippen LogP contribution is -2.44. The van der Waals surface area contributed by atoms with E-state index in [4.69, 9.17) is 4.74 Å². The van der Waals surface area contributed by atoms with E-state index in [0.29, 0.717) is 54.9 Å². The highest BCUT2D eigenvalue weighted by Gasteiger charge is 2.59. The average molecular weight is 552 g/mol. The van der Waals surface area contributed by atoms with E-state index in [1.165, 1.54) is 12.1 Å². The van der Waals surface area contributed by atoms with Crippen molar-refractivity contribution >= 4 is 33.9 Å². The first-order valence-corrected chi connectivity index (χ1v) is 13.1. The lowest BCUT2D eigenvalue weighted by atomic mass is 9.60. The normalized spacial score (nSPS) is 23.8. The van der Waals surface area contributed by atoms with Crippen molar-refractivity contribution in [2.75, 3.05) is 32.8 Å². The number of amides is 2. The number of nitrogens with zero attached hydrogens (tertiary/aromatic N) is 6. The minimum absolute atomic E-state index is 0.136. The molecule has 1 aromatic carbocycles. The van der Waals surface area contributed by atoms with Crippen molar-refractivity contribution < 1.29 is 27.5 Å². The second kappa shape index (κ2) is 8.86. The largest absolute Gasteiger partial charge is 0.493 e. The minimum Gasteiger partial charge on any atom is -0.493 e. The second-order valence-corrected chi connectivity index (χ2v) is 10.6. The van der Waals surface area contributed by atoms with Gasteiger partial charge in [0.1, 0.15) is 22.7 Å². The maximum absolute atomic E-state index is 13.5. The van der Waals surface area contributed by atoms with Gasteiger partial charge >= 0.3 is 6.18 Å². The number of nitrogens with one attached hydrogen (secondary N) is 1. The number of likely N-dealkylation sites (tertiary alicyclic amines) is 2. The second-order valence-electron chi connectivity index (χ2n) is 10.6. The lowest BCUT2D eigenvalue weighted by molar-refractivity contribution is -0.137. The van der Waals surface area contributed by atoms with Gasteiger partial charge in [-0.15, -0.1) is 5.10 Å². The fourth-order valence-electron chi connectivity index (χ4n) is 6.64. The molecule has 1 aliphatic carbocycles. The molecule has 0 bridgehead atoms. The Kier molecular flexibility index (Phi) is 5.48. The molecule has 40 heavy (non-hydrogen) atoms. The van der Waals surface area contributed by atoms with Crippen molar-refractivity contribution in [3.05, 3.63) is 53.3 Å². The third-order valence-electron chi connectivity index (χ3n) is 8.53. The van der Waals surface area contributed by atoms with Gasteiger partial charge in [0.05, 0.1) is 17.7 Å². The highest BCUT2D eigenvalue weighted by atomic mass is 19.4. The van der Waals surface area contributed by atoms with Crippen LogP contribution < -0.4 is 4.74 Å². The molecule has 0 unspecified atom stereocenters. The fraction of sp³-hybridized carbons (Fsp3) is 0.407. The van der Waals surface area contributed by atoms with Gasteiger partial charge in [-0.05, 0) is 60.9 Å². The van der Waals surface area contributed by atoms with Crippen LogP contribution in [0.5, 0.6) is 5.75 Å². The topological polar surface area (TPSA) is 117 Å². The molecule has 1 saturated carbocycles. The number of benzene rings is 1. The molecule has 3 aliphatic rings. The van der Waals surface area contributed by atoms with Crippen molar-refractivity contribution in [1.29, 1.82) is 0 Å². The van der Waals surface area contributed by atoms with Gasteiger partial charge in [0.25, 0.3) is 11.8 Å². The summed E-state index contributed by atoms with van der Waals surface area (Å²) in [4.78, 5) is 39.0. The van der Waals surface area contributed by atoms with Gasteiger partial charge in [-0.3, -0.25) is 14.7 Å². The lowest BCUT2D eigenvalue weighted by Gasteiger charge is -2.42. The Morgan fingerprint density at radius 3 is 2.20 bits per heavy atom. The third kappa shape index (κ3) is 3.86. The van der Waals surface area contributed by atoms with E-state index >= 15 is 0 Å². The van der Waals surface area contributed by atoms with Crippen LogP contribution in [0.4, 0.5) is 13.2 Å². The SMILES string of the molecule is CCOc1cc(C(=O)N2C[C@@H]3[C@H](C2)[C@H]2CN(C(=O)c4ccc5[nH]nnc5n4)C[C@@H]32)nc2ccc(C(F)(F)F)cc12. The van der Waals surface area contributed by atoms with E-state index in [9.17, 15) is 22.8 Å². The van der Waals surface area contributed by atoms with E-state index in [-0.39, 0.29) is 52.6 Å². The predicted molar refractivity (Wildman–Crippen MR) is 135 cm³/mol. The summed E-state index contributed by atoms with van der Waals surface area (Å²) in [5.41, 5.74) is 1.01. The highest BCUT2D eigenvalue weighted by molar-refractivity contribution is 5.97. The first-order valence-electron chi connectivity index (χ1n) is 13.1. The zero-order valence-electron chi connectivity index (χ0n) is 21.4. The summed E-state index contributed by atoms with van der Waals surface area (Å²) in [5.74, 6) is 0.945. The number of carbonyl (C=O) groups excluding carboxylic acids is 2. The fourth-order valence-corrected chi connectivity index (χ4v) is 6.64. The van der Waals surface area contributed by atoms with Gasteiger partial charge in [0.15, 0.2) is 0 Å². The molecular formula is C27H24F3N7O3. The summed E-state index contributed by atoms with van der Waals surface area (Å²) in [7, 11) is 0. The van der Waals surface area contributed by atoms with Crippen molar-refractivity contribution in [3.63, 3.8) is 0 Å². The first-order chi connectivity index (χ1) is 19.2. The van der Waals surface area contributed by atoms with E-state index in [0.717, 1.165) is 12.1 Å². The number of carbonyl (C=O) groups is 2. The summed E-state index contributed by atoms with van der Waals surface area (Å²) in [6, 6.07) is 8.09. The van der Waals surface area contributed by atoms with Crippen LogP contribution in [-0.2, 0) is 6.18 Å². The van der Waals surface area contributed by atoms with Crippen molar-refractivity contribution in [3.8, 4) is 5.75 Å². The molecule has 2 saturated heterocycles. The summed E-state index contributed by atoms with van der Waals surface area (Å²) >= 11 is 0. The van der Waals surface area contributed by atoms with Crippen LogP contribution in [0.15, 0.2) is 36.4 Å². The number of pyridine rings is 2. The van der Waals surface area contributed by atoms with Crippen LogP contribution in [0.25, 0.3) is 22.1 Å². The van der Waals surface area contributed by atoms with Gasteiger partial charge < -0.3 is 14.5 Å². The van der Waals surface area contributed by atoms with Gasteiger partial charge in [-0.2, -0.15) is 13.2 Å². The molecule has 3 fully saturated rings. The third-order valence-corrected chi connectivity index (χ3v) is 8.53. The van der Waals surface area contributed by atoms with Gasteiger partial charge in [-0.25, -0.2) is 9.97 Å². The summed E-state index contributed by atoms with van der Waals surface area (Å²) in [6.07, 6.45) is -4.50. The Morgan fingerprint density at radius 1 is 0.925 bits per heavy atom. The maximum atomic E-state index is 13.5. The molecule has 13 heteroatoms. The number of ether oxygens (including phenoxy) is 1. The molecule has 10 nitrogen and oxygen atoms in total. The van der Waals surface area contributed by atoms with E-state index < -0.39 is 11.7 Å². The highest BCUT2D eigenvalue weighted by Crippen LogP contribution is 2.54. The molecule has 5 heterocycles. The number of rotatable bonds is 4. The molecule has 4 atom stereocenters. The number of hydrogen-bond donors (Lipinski definition) is 1. The average Bonchev–Trinajstić information content (AvgIpc) is 3.66. The molecule has 1 N–H and O–H groups in total. The van der Waals surface area contributed by atoms with Gasteiger partial charge in [0, 0.05) is 37.6 Å². The van der Waals surface area contributed by atoms with Crippen molar-refractivity contribution in [2.24, 2.45) is 23.7 Å². The Morgan fingerprint density at radius 2 is 1.57 bits per heavy atom. The molecule has 7 rings (SSSR count). The van der Waals surface area contributed by atoms with Gasteiger partial charge in [0.2, 0.25) is 5.65 Å². The maximum Gasteiger partial charge on any atom is 0.416 e. The zero-order valence-corrected chi connectivity index (χ0v) is 21.4. The van der Waals surface area contributed by atoms with E-state index in [2.05, 4.69) is 25.4 Å². The molecule has 3 aromatic heterocycles. The van der Waals surface area contributed by atoms with Crippen LogP contribution in [0.1, 0.15) is 33.5 Å². The monoisotopic (exact) mass is 551 g/mol. The Bertz CT molecular complexity index is 1650. The van der Waals surface area contributed by atoms with Crippen LogP contribution in [0, 0.1) is 23.7 Å². The predicted octanol–water partition coefficient (Wildman–Crippen LogP) is 3.41. The standard InChI is InChI=1S/C27H24F3N7O3/c1-2-40-23-8-22(31-19-4-3-13(7-14(19)23)27(28,29)30)26(39)37-11-17-15-9-36(10-16(15)18(17)12-37)25(38)21-6-5-20-24(32-21)34-35-33-20/h3-8,15-18H,2,9-12H2,1H3,(H,32,33,34,35)/t15-,16+,17+,18-. The number of aromatic nitrogens is 5. The number of aromatic amines is 1. The molecule has 2 aliphatic heterocycles. The summed E-state index contributed by atoms with van der Waals surface area (Å²) < 4.78 is 45.4. The van der Waals surface area contributed by atoms with E-state index in [1.54, 1.807) is 24.0 Å². The first kappa shape index (κ1) is 24.7. The van der Waals surface area contributed by atoms with Crippen LogP contribution in [0.3, 0.4) is 0 Å².